The van der Waals surface area contributed by atoms with Gasteiger partial charge in [0.25, 0.3) is 0 Å². The van der Waals surface area contributed by atoms with E-state index in [1.54, 1.807) is 6.92 Å². The molecule has 0 bridgehead atoms. The van der Waals surface area contributed by atoms with Crippen molar-refractivity contribution in [3.63, 3.8) is 0 Å². The first-order valence-corrected chi connectivity index (χ1v) is 7.49. The molecule has 15 heavy (non-hydrogen) atoms. The highest BCUT2D eigenvalue weighted by atomic mass is 28.4. The lowest BCUT2D eigenvalue weighted by Gasteiger charge is -2.28. The van der Waals surface area contributed by atoms with Crippen LogP contribution in [0.1, 0.15) is 19.8 Å². The molecule has 1 atom stereocenters. The normalized spacial score (nSPS) is 26.0. The van der Waals surface area contributed by atoms with Gasteiger partial charge in [-0.3, -0.25) is 0 Å². The lowest BCUT2D eigenvalue weighted by Crippen LogP contribution is -2.42. The lowest BCUT2D eigenvalue weighted by atomic mass is 10.4. The highest BCUT2D eigenvalue weighted by Gasteiger charge is 2.35. The maximum Gasteiger partial charge on any atom is 0.338 e. The summed E-state index contributed by atoms with van der Waals surface area (Å²) in [6.45, 7) is 5.95. The smallest absolute Gasteiger partial charge is 0.338 e. The maximum atomic E-state index is 11.1. The van der Waals surface area contributed by atoms with E-state index in [1.165, 1.54) is 0 Å². The van der Waals surface area contributed by atoms with Crippen LogP contribution in [-0.2, 0) is 14.0 Å². The molecule has 1 fully saturated rings. The number of ether oxygens (including phenoxy) is 1. The Labute approximate surface area is 91.1 Å². The van der Waals surface area contributed by atoms with E-state index in [4.69, 9.17) is 9.16 Å². The summed E-state index contributed by atoms with van der Waals surface area (Å²) >= 11 is 0. The molecule has 0 amide bonds. The van der Waals surface area contributed by atoms with Gasteiger partial charge in [-0.25, -0.2) is 4.79 Å². The molecule has 4 nitrogen and oxygen atoms in total. The van der Waals surface area contributed by atoms with E-state index in [0.29, 0.717) is 18.2 Å². The second-order valence-electron chi connectivity index (χ2n) is 3.92. The average Bonchev–Trinajstić information content (AvgIpc) is 2.18. The van der Waals surface area contributed by atoms with Gasteiger partial charge in [-0.1, -0.05) is 6.58 Å². The molecule has 1 unspecified atom stereocenters. The Bertz CT molecular complexity index is 246. The van der Waals surface area contributed by atoms with Gasteiger partial charge in [0, 0.05) is 18.2 Å². The molecule has 86 valence electrons. The zero-order valence-electron chi connectivity index (χ0n) is 9.12. The molecule has 1 heterocycles. The molecule has 1 saturated heterocycles. The summed E-state index contributed by atoms with van der Waals surface area (Å²) in [4.78, 5) is 21.1. The molecule has 0 spiro atoms. The Morgan fingerprint density at radius 1 is 1.60 bits per heavy atom. The standard InChI is InChI=1S/C10H18O4Si/c1-9(2)10(11)13-6-8-15(12)7-4-3-5-14-15/h12H,1,3-8H2,2H3. The Balaban J connectivity index is 2.24. The van der Waals surface area contributed by atoms with Crippen LogP contribution in [0.5, 0.6) is 0 Å². The highest BCUT2D eigenvalue weighted by molar-refractivity contribution is 6.66. The second-order valence-corrected chi connectivity index (χ2v) is 7.10. The molecule has 0 aromatic rings. The van der Waals surface area contributed by atoms with Crippen molar-refractivity contribution in [2.75, 3.05) is 13.2 Å². The van der Waals surface area contributed by atoms with Gasteiger partial charge in [0.1, 0.15) is 0 Å². The van der Waals surface area contributed by atoms with E-state index >= 15 is 0 Å². The molecule has 1 aliphatic rings. The summed E-state index contributed by atoms with van der Waals surface area (Å²) in [6, 6.07) is 1.21. The van der Waals surface area contributed by atoms with Gasteiger partial charge >= 0.3 is 14.5 Å². The number of carbonyl (C=O) groups is 1. The fraction of sp³-hybridized carbons (Fsp3) is 0.700. The van der Waals surface area contributed by atoms with Gasteiger partial charge in [0.05, 0.1) is 6.61 Å². The first-order valence-electron chi connectivity index (χ1n) is 5.22. The van der Waals surface area contributed by atoms with E-state index < -0.39 is 14.5 Å². The van der Waals surface area contributed by atoms with Crippen LogP contribution < -0.4 is 0 Å². The summed E-state index contributed by atoms with van der Waals surface area (Å²) in [5.74, 6) is -0.400. The minimum absolute atomic E-state index is 0.231. The third-order valence-electron chi connectivity index (χ3n) is 2.41. The van der Waals surface area contributed by atoms with E-state index in [9.17, 15) is 9.59 Å². The molecule has 0 aromatic heterocycles. The highest BCUT2D eigenvalue weighted by Crippen LogP contribution is 2.22. The molecule has 1 aliphatic heterocycles. The zero-order chi connectivity index (χ0) is 11.3. The van der Waals surface area contributed by atoms with E-state index in [2.05, 4.69) is 6.58 Å². The number of carbonyl (C=O) groups excluding carboxylic acids is 1. The van der Waals surface area contributed by atoms with E-state index in [1.807, 2.05) is 0 Å². The number of hydrogen-bond donors (Lipinski definition) is 1. The van der Waals surface area contributed by atoms with Crippen LogP contribution in [0.15, 0.2) is 12.2 Å². The second kappa shape index (κ2) is 5.44. The van der Waals surface area contributed by atoms with Crippen molar-refractivity contribution >= 4 is 14.5 Å². The van der Waals surface area contributed by atoms with Crippen LogP contribution in [-0.4, -0.2) is 32.5 Å². The van der Waals surface area contributed by atoms with Crippen molar-refractivity contribution in [3.05, 3.63) is 12.2 Å². The molecular weight excluding hydrogens is 212 g/mol. The van der Waals surface area contributed by atoms with Crippen molar-refractivity contribution in [1.82, 2.24) is 0 Å². The predicted molar refractivity (Wildman–Crippen MR) is 58.5 cm³/mol. The molecule has 1 N–H and O–H groups in total. The fourth-order valence-corrected chi connectivity index (χ4v) is 3.75. The van der Waals surface area contributed by atoms with Crippen molar-refractivity contribution in [3.8, 4) is 0 Å². The average molecular weight is 230 g/mol. The van der Waals surface area contributed by atoms with Gasteiger partial charge in [-0.2, -0.15) is 0 Å². The van der Waals surface area contributed by atoms with Crippen molar-refractivity contribution in [2.24, 2.45) is 0 Å². The number of hydrogen-bond acceptors (Lipinski definition) is 4. The number of rotatable bonds is 4. The predicted octanol–water partition coefficient (Wildman–Crippen LogP) is 1.35. The Morgan fingerprint density at radius 2 is 2.33 bits per heavy atom. The molecule has 5 heteroatoms. The molecule has 1 rings (SSSR count). The van der Waals surface area contributed by atoms with Crippen LogP contribution in [0.25, 0.3) is 0 Å². The van der Waals surface area contributed by atoms with Crippen molar-refractivity contribution in [1.29, 1.82) is 0 Å². The molecule has 0 aromatic carbocycles. The van der Waals surface area contributed by atoms with Crippen molar-refractivity contribution in [2.45, 2.75) is 31.9 Å². The summed E-state index contributed by atoms with van der Waals surface area (Å²) in [6.07, 6.45) is 2.03. The summed E-state index contributed by atoms with van der Waals surface area (Å²) in [5.41, 5.74) is 0.383. The zero-order valence-corrected chi connectivity index (χ0v) is 10.1. The summed E-state index contributed by atoms with van der Waals surface area (Å²) in [7, 11) is -2.55. The van der Waals surface area contributed by atoms with Gasteiger partial charge in [-0.05, 0) is 25.8 Å². The lowest BCUT2D eigenvalue weighted by molar-refractivity contribution is -0.138. The van der Waals surface area contributed by atoms with Crippen molar-refractivity contribution < 1.29 is 18.8 Å². The topological polar surface area (TPSA) is 55.8 Å². The van der Waals surface area contributed by atoms with Crippen LogP contribution in [0, 0.1) is 0 Å². The Morgan fingerprint density at radius 3 is 2.87 bits per heavy atom. The quantitative estimate of drug-likeness (QED) is 0.450. The van der Waals surface area contributed by atoms with Gasteiger partial charge in [0.15, 0.2) is 0 Å². The Kier molecular flexibility index (Phi) is 4.50. The van der Waals surface area contributed by atoms with Gasteiger partial charge in [0.2, 0.25) is 0 Å². The SMILES string of the molecule is C=C(C)C(=O)OCC[Si]1(O)CCCCO1. The first-order chi connectivity index (χ1) is 7.03. The third-order valence-corrected chi connectivity index (χ3v) is 5.27. The minimum atomic E-state index is -2.55. The van der Waals surface area contributed by atoms with Crippen LogP contribution in [0.4, 0.5) is 0 Å². The minimum Gasteiger partial charge on any atom is -0.462 e. The molecule has 0 saturated carbocycles. The van der Waals surface area contributed by atoms with E-state index in [0.717, 1.165) is 18.9 Å². The summed E-state index contributed by atoms with van der Waals surface area (Å²) in [5, 5.41) is 0. The van der Waals surface area contributed by atoms with Gasteiger partial charge < -0.3 is 14.0 Å². The van der Waals surface area contributed by atoms with Gasteiger partial charge in [-0.15, -0.1) is 0 Å². The molecular formula is C10H18O4Si. The largest absolute Gasteiger partial charge is 0.462 e. The Hall–Kier alpha value is -0.653. The molecule has 0 radical (unpaired) electrons. The van der Waals surface area contributed by atoms with Crippen LogP contribution >= 0.6 is 0 Å². The maximum absolute atomic E-state index is 11.1. The third kappa shape index (κ3) is 4.15. The first kappa shape index (κ1) is 12.4. The van der Waals surface area contributed by atoms with Crippen LogP contribution in [0.2, 0.25) is 12.1 Å². The number of esters is 1. The fourth-order valence-electron chi connectivity index (χ4n) is 1.46. The monoisotopic (exact) mass is 230 g/mol. The van der Waals surface area contributed by atoms with Crippen LogP contribution in [0.3, 0.4) is 0 Å². The summed E-state index contributed by atoms with van der Waals surface area (Å²) < 4.78 is 10.3. The van der Waals surface area contributed by atoms with E-state index in [-0.39, 0.29) is 6.61 Å². The molecule has 0 aliphatic carbocycles.